The molecule has 0 saturated heterocycles. The molecule has 28 heavy (non-hydrogen) atoms. The molecule has 6 nitrogen and oxygen atoms in total. The first-order valence-electron chi connectivity index (χ1n) is 9.03. The van der Waals surface area contributed by atoms with Gasteiger partial charge in [-0.25, -0.2) is 4.98 Å². The molecule has 0 fully saturated rings. The van der Waals surface area contributed by atoms with E-state index in [0.29, 0.717) is 33.4 Å². The number of carbonyl (C=O) groups is 1. The van der Waals surface area contributed by atoms with Crippen LogP contribution in [0, 0.1) is 19.8 Å². The van der Waals surface area contributed by atoms with Crippen LogP contribution in [0.5, 0.6) is 0 Å². The highest BCUT2D eigenvalue weighted by atomic mass is 35.5. The second-order valence-electron chi connectivity index (χ2n) is 7.21. The van der Waals surface area contributed by atoms with E-state index in [4.69, 9.17) is 11.6 Å². The number of thioether (sulfide) groups is 1. The van der Waals surface area contributed by atoms with Gasteiger partial charge in [-0.05, 0) is 43.5 Å². The average molecular weight is 419 g/mol. The highest BCUT2D eigenvalue weighted by molar-refractivity contribution is 7.99. The maximum atomic E-state index is 12.9. The van der Waals surface area contributed by atoms with Crippen LogP contribution < -0.4 is 10.9 Å². The van der Waals surface area contributed by atoms with Gasteiger partial charge in [0.2, 0.25) is 5.91 Å². The molecule has 148 valence electrons. The average Bonchev–Trinajstić information content (AvgIpc) is 2.99. The van der Waals surface area contributed by atoms with Crippen LogP contribution >= 0.6 is 23.4 Å². The number of carbonyl (C=O) groups excluding carboxylic acids is 1. The summed E-state index contributed by atoms with van der Waals surface area (Å²) in [5, 5.41) is 3.98. The maximum Gasteiger partial charge on any atom is 0.278 e. The summed E-state index contributed by atoms with van der Waals surface area (Å²) < 4.78 is 1.64. The quantitative estimate of drug-likeness (QED) is 0.459. The molecule has 0 saturated carbocycles. The standard InChI is InChI=1S/C20H23ClN4O2S/c1-11(2)9-25-19(27)18-16(7-13(4)22-18)24-20(25)28-10-17(26)23-15-8-14(21)6-5-12(15)3/h5-8,11,22H,9-10H2,1-4H3,(H,23,26). The molecule has 8 heteroatoms. The molecular formula is C20H23ClN4O2S. The number of hydrogen-bond donors (Lipinski definition) is 2. The zero-order chi connectivity index (χ0) is 20.4. The molecule has 1 amide bonds. The van der Waals surface area contributed by atoms with Gasteiger partial charge in [0.15, 0.2) is 5.16 Å². The van der Waals surface area contributed by atoms with E-state index in [9.17, 15) is 9.59 Å². The third-order valence-corrected chi connectivity index (χ3v) is 5.40. The Morgan fingerprint density at radius 2 is 2.07 bits per heavy atom. The normalized spacial score (nSPS) is 11.4. The lowest BCUT2D eigenvalue weighted by molar-refractivity contribution is -0.113. The van der Waals surface area contributed by atoms with Gasteiger partial charge in [-0.3, -0.25) is 14.2 Å². The van der Waals surface area contributed by atoms with Crippen LogP contribution in [0.1, 0.15) is 25.1 Å². The number of hydrogen-bond acceptors (Lipinski definition) is 4. The largest absolute Gasteiger partial charge is 0.353 e. The number of amides is 1. The van der Waals surface area contributed by atoms with Crippen molar-refractivity contribution in [3.8, 4) is 0 Å². The van der Waals surface area contributed by atoms with E-state index in [1.54, 1.807) is 16.7 Å². The Morgan fingerprint density at radius 1 is 1.32 bits per heavy atom. The monoisotopic (exact) mass is 418 g/mol. The fourth-order valence-electron chi connectivity index (χ4n) is 2.89. The van der Waals surface area contributed by atoms with Crippen molar-refractivity contribution in [1.29, 1.82) is 0 Å². The second kappa shape index (κ2) is 8.41. The third-order valence-electron chi connectivity index (χ3n) is 4.19. The maximum absolute atomic E-state index is 12.9. The number of rotatable bonds is 6. The molecule has 0 aliphatic carbocycles. The van der Waals surface area contributed by atoms with Gasteiger partial charge in [-0.15, -0.1) is 0 Å². The predicted octanol–water partition coefficient (Wildman–Crippen LogP) is 4.38. The number of H-pyrrole nitrogens is 1. The lowest BCUT2D eigenvalue weighted by atomic mass is 10.2. The van der Waals surface area contributed by atoms with Crippen LogP contribution in [0.25, 0.3) is 11.0 Å². The van der Waals surface area contributed by atoms with Crippen LogP contribution in [0.4, 0.5) is 5.69 Å². The minimum Gasteiger partial charge on any atom is -0.353 e. The first-order valence-corrected chi connectivity index (χ1v) is 10.4. The Kier molecular flexibility index (Phi) is 6.15. The van der Waals surface area contributed by atoms with Crippen molar-refractivity contribution >= 4 is 46.0 Å². The molecule has 0 bridgehead atoms. The van der Waals surface area contributed by atoms with Crippen LogP contribution in [0.3, 0.4) is 0 Å². The van der Waals surface area contributed by atoms with Crippen molar-refractivity contribution in [2.24, 2.45) is 5.92 Å². The molecule has 3 aromatic rings. The number of benzene rings is 1. The van der Waals surface area contributed by atoms with Gasteiger partial charge in [-0.1, -0.05) is 43.3 Å². The summed E-state index contributed by atoms with van der Waals surface area (Å²) in [5.74, 6) is 0.243. The van der Waals surface area contributed by atoms with Gasteiger partial charge in [0, 0.05) is 22.9 Å². The van der Waals surface area contributed by atoms with Crippen LogP contribution in [0.15, 0.2) is 34.2 Å². The number of nitrogens with one attached hydrogen (secondary N) is 2. The van der Waals surface area contributed by atoms with Gasteiger partial charge in [0.05, 0.1) is 11.3 Å². The summed E-state index contributed by atoms with van der Waals surface area (Å²) >= 11 is 7.27. The lowest BCUT2D eigenvalue weighted by Gasteiger charge is -2.14. The molecule has 3 rings (SSSR count). The minimum absolute atomic E-state index is 0.111. The third kappa shape index (κ3) is 4.59. The molecule has 2 aromatic heterocycles. The smallest absolute Gasteiger partial charge is 0.278 e. The topological polar surface area (TPSA) is 79.8 Å². The van der Waals surface area contributed by atoms with Gasteiger partial charge in [-0.2, -0.15) is 0 Å². The number of anilines is 1. The molecule has 0 unspecified atom stereocenters. The van der Waals surface area contributed by atoms with E-state index in [1.807, 2.05) is 39.8 Å². The number of aromatic nitrogens is 3. The van der Waals surface area contributed by atoms with E-state index in [0.717, 1.165) is 11.3 Å². The number of aromatic amines is 1. The Labute approximate surface area is 172 Å². The molecule has 0 atom stereocenters. The Hall–Kier alpha value is -2.25. The second-order valence-corrected chi connectivity index (χ2v) is 8.59. The van der Waals surface area contributed by atoms with Crippen molar-refractivity contribution in [2.45, 2.75) is 39.4 Å². The summed E-state index contributed by atoms with van der Waals surface area (Å²) in [7, 11) is 0. The zero-order valence-electron chi connectivity index (χ0n) is 16.3. The fraction of sp³-hybridized carbons (Fsp3) is 0.350. The molecule has 0 aliphatic heterocycles. The van der Waals surface area contributed by atoms with Crippen molar-refractivity contribution in [1.82, 2.24) is 14.5 Å². The van der Waals surface area contributed by atoms with E-state index >= 15 is 0 Å². The number of aryl methyl sites for hydroxylation is 2. The van der Waals surface area contributed by atoms with Crippen molar-refractivity contribution < 1.29 is 4.79 Å². The van der Waals surface area contributed by atoms with Gasteiger partial charge >= 0.3 is 0 Å². The number of halogens is 1. The zero-order valence-corrected chi connectivity index (χ0v) is 17.9. The van der Waals surface area contributed by atoms with E-state index in [2.05, 4.69) is 15.3 Å². The highest BCUT2D eigenvalue weighted by Crippen LogP contribution is 2.22. The summed E-state index contributed by atoms with van der Waals surface area (Å²) in [4.78, 5) is 33.0. The Balaban J connectivity index is 1.83. The van der Waals surface area contributed by atoms with Crippen LogP contribution in [-0.2, 0) is 11.3 Å². The summed E-state index contributed by atoms with van der Waals surface area (Å²) in [6, 6.07) is 7.20. The van der Waals surface area contributed by atoms with E-state index < -0.39 is 0 Å². The number of nitrogens with zero attached hydrogens (tertiary/aromatic N) is 2. The van der Waals surface area contributed by atoms with E-state index in [-0.39, 0.29) is 23.1 Å². The SMILES string of the molecule is Cc1cc2nc(SCC(=O)Nc3cc(Cl)ccc3C)n(CC(C)C)c(=O)c2[nH]1. The van der Waals surface area contributed by atoms with Crippen molar-refractivity contribution in [3.63, 3.8) is 0 Å². The van der Waals surface area contributed by atoms with Gasteiger partial charge in [0.1, 0.15) is 5.52 Å². The molecule has 0 aliphatic rings. The first kappa shape index (κ1) is 20.5. The predicted molar refractivity (Wildman–Crippen MR) is 115 cm³/mol. The molecule has 2 heterocycles. The summed E-state index contributed by atoms with van der Waals surface area (Å²) in [5.41, 5.74) is 3.51. The van der Waals surface area contributed by atoms with Crippen molar-refractivity contribution in [2.75, 3.05) is 11.1 Å². The van der Waals surface area contributed by atoms with Gasteiger partial charge in [0.25, 0.3) is 5.56 Å². The van der Waals surface area contributed by atoms with E-state index in [1.165, 1.54) is 11.8 Å². The van der Waals surface area contributed by atoms with Crippen LogP contribution in [-0.4, -0.2) is 26.2 Å². The fourth-order valence-corrected chi connectivity index (χ4v) is 3.87. The molecule has 0 radical (unpaired) electrons. The van der Waals surface area contributed by atoms with Gasteiger partial charge < -0.3 is 10.3 Å². The number of fused-ring (bicyclic) bond motifs is 1. The van der Waals surface area contributed by atoms with Crippen molar-refractivity contribution in [3.05, 3.63) is 50.9 Å². The first-order chi connectivity index (χ1) is 13.2. The Morgan fingerprint density at radius 3 is 2.79 bits per heavy atom. The molecule has 1 aromatic carbocycles. The highest BCUT2D eigenvalue weighted by Gasteiger charge is 2.16. The molecular weight excluding hydrogens is 396 g/mol. The van der Waals surface area contributed by atoms with Crippen LogP contribution in [0.2, 0.25) is 5.02 Å². The summed E-state index contributed by atoms with van der Waals surface area (Å²) in [6.45, 7) is 8.42. The molecule has 0 spiro atoms. The summed E-state index contributed by atoms with van der Waals surface area (Å²) in [6.07, 6.45) is 0. The minimum atomic E-state index is -0.175. The lowest BCUT2D eigenvalue weighted by Crippen LogP contribution is -2.26. The Bertz CT molecular complexity index is 1090. The molecule has 2 N–H and O–H groups in total.